The van der Waals surface area contributed by atoms with Gasteiger partial charge in [-0.3, -0.25) is 4.79 Å². The summed E-state index contributed by atoms with van der Waals surface area (Å²) in [6, 6.07) is 7.76. The molecule has 0 spiro atoms. The Labute approximate surface area is 125 Å². The zero-order valence-corrected chi connectivity index (χ0v) is 12.4. The van der Waals surface area contributed by atoms with Crippen molar-refractivity contribution in [2.75, 3.05) is 18.1 Å². The summed E-state index contributed by atoms with van der Waals surface area (Å²) < 4.78 is 23.2. The molecule has 1 aromatic rings. The van der Waals surface area contributed by atoms with Gasteiger partial charge in [0.2, 0.25) is 5.91 Å². The van der Waals surface area contributed by atoms with Crippen molar-refractivity contribution in [1.29, 1.82) is 0 Å². The molecule has 2 unspecified atom stereocenters. The third kappa shape index (κ3) is 3.63. The van der Waals surface area contributed by atoms with E-state index in [0.717, 1.165) is 0 Å². The second kappa shape index (κ2) is 6.29. The van der Waals surface area contributed by atoms with Gasteiger partial charge in [0, 0.05) is 6.04 Å². The Morgan fingerprint density at radius 3 is 2.62 bits per heavy atom. The molecule has 0 radical (unpaired) electrons. The molecule has 21 heavy (non-hydrogen) atoms. The quantitative estimate of drug-likeness (QED) is 0.813. The number of hydrogen-bond donors (Lipinski definition) is 1. The SMILES string of the molecule is C#CCN(C(=O)C(N)c1ccccc1)C1CCS(=O)(=O)C1. The minimum Gasteiger partial charge on any atom is -0.326 e. The molecule has 0 aliphatic carbocycles. The third-order valence-electron chi connectivity index (χ3n) is 3.62. The number of rotatable bonds is 4. The van der Waals surface area contributed by atoms with E-state index >= 15 is 0 Å². The van der Waals surface area contributed by atoms with Gasteiger partial charge in [0.25, 0.3) is 0 Å². The summed E-state index contributed by atoms with van der Waals surface area (Å²) in [5, 5.41) is 0. The highest BCUT2D eigenvalue weighted by Gasteiger charge is 2.36. The molecule has 1 aliphatic rings. The van der Waals surface area contributed by atoms with Gasteiger partial charge in [-0.15, -0.1) is 6.42 Å². The molecule has 1 aromatic carbocycles. The largest absolute Gasteiger partial charge is 0.326 e. The van der Waals surface area contributed by atoms with Crippen LogP contribution in [0, 0.1) is 12.3 Å². The number of benzene rings is 1. The fourth-order valence-corrected chi connectivity index (χ4v) is 4.22. The van der Waals surface area contributed by atoms with Crippen LogP contribution in [-0.2, 0) is 14.6 Å². The second-order valence-corrected chi connectivity index (χ2v) is 7.34. The second-order valence-electron chi connectivity index (χ2n) is 5.12. The average molecular weight is 306 g/mol. The van der Waals surface area contributed by atoms with E-state index in [4.69, 9.17) is 12.2 Å². The maximum absolute atomic E-state index is 12.5. The Kier molecular flexibility index (Phi) is 4.66. The number of carbonyl (C=O) groups is 1. The predicted octanol–water partition coefficient (Wildman–Crippen LogP) is 0.335. The molecule has 0 saturated carbocycles. The van der Waals surface area contributed by atoms with E-state index in [-0.39, 0.29) is 30.0 Å². The summed E-state index contributed by atoms with van der Waals surface area (Å²) in [7, 11) is -3.09. The Bertz CT molecular complexity index is 649. The molecule has 0 aromatic heterocycles. The fourth-order valence-electron chi connectivity index (χ4n) is 2.49. The summed E-state index contributed by atoms with van der Waals surface area (Å²) >= 11 is 0. The van der Waals surface area contributed by atoms with Crippen LogP contribution in [0.4, 0.5) is 0 Å². The van der Waals surface area contributed by atoms with Crippen LogP contribution in [0.3, 0.4) is 0 Å². The van der Waals surface area contributed by atoms with Gasteiger partial charge in [-0.2, -0.15) is 0 Å². The van der Waals surface area contributed by atoms with Crippen LogP contribution in [0.5, 0.6) is 0 Å². The molecule has 1 heterocycles. The van der Waals surface area contributed by atoms with Gasteiger partial charge in [-0.25, -0.2) is 8.42 Å². The van der Waals surface area contributed by atoms with Crippen molar-refractivity contribution in [3.8, 4) is 12.3 Å². The summed E-state index contributed by atoms with van der Waals surface area (Å²) in [4.78, 5) is 14.0. The number of hydrogen-bond acceptors (Lipinski definition) is 4. The lowest BCUT2D eigenvalue weighted by Gasteiger charge is -2.29. The van der Waals surface area contributed by atoms with Crippen molar-refractivity contribution in [3.05, 3.63) is 35.9 Å². The monoisotopic (exact) mass is 306 g/mol. The maximum atomic E-state index is 12.5. The lowest BCUT2D eigenvalue weighted by Crippen LogP contribution is -2.45. The Hall–Kier alpha value is -1.84. The van der Waals surface area contributed by atoms with E-state index < -0.39 is 15.9 Å². The molecule has 1 aliphatic heterocycles. The molecule has 112 valence electrons. The predicted molar refractivity (Wildman–Crippen MR) is 81.0 cm³/mol. The standard InChI is InChI=1S/C15H18N2O3S/c1-2-9-17(13-8-10-21(19,20)11-13)15(18)14(16)12-6-4-3-5-7-12/h1,3-7,13-14H,8-11,16H2. The van der Waals surface area contributed by atoms with Crippen LogP contribution >= 0.6 is 0 Å². The van der Waals surface area contributed by atoms with Crippen molar-refractivity contribution in [2.24, 2.45) is 5.73 Å². The van der Waals surface area contributed by atoms with Gasteiger partial charge in [0.05, 0.1) is 18.1 Å². The van der Waals surface area contributed by atoms with Crippen LogP contribution in [0.2, 0.25) is 0 Å². The molecule has 0 bridgehead atoms. The van der Waals surface area contributed by atoms with Crippen LogP contribution in [0.25, 0.3) is 0 Å². The van der Waals surface area contributed by atoms with Gasteiger partial charge in [0.1, 0.15) is 6.04 Å². The van der Waals surface area contributed by atoms with Crippen LogP contribution in [-0.4, -0.2) is 43.3 Å². The number of sulfone groups is 1. The zero-order chi connectivity index (χ0) is 15.5. The highest BCUT2D eigenvalue weighted by molar-refractivity contribution is 7.91. The number of amides is 1. The van der Waals surface area contributed by atoms with Gasteiger partial charge in [-0.05, 0) is 12.0 Å². The smallest absolute Gasteiger partial charge is 0.245 e. The minimum atomic E-state index is -3.09. The summed E-state index contributed by atoms with van der Waals surface area (Å²) in [5.74, 6) is 2.13. The number of nitrogens with zero attached hydrogens (tertiary/aromatic N) is 1. The topological polar surface area (TPSA) is 80.5 Å². The molecule has 1 fully saturated rings. The first kappa shape index (κ1) is 15.5. The Morgan fingerprint density at radius 2 is 2.10 bits per heavy atom. The molecule has 2 rings (SSSR count). The van der Waals surface area contributed by atoms with E-state index in [0.29, 0.717) is 12.0 Å². The molecule has 2 N–H and O–H groups in total. The molecule has 1 saturated heterocycles. The third-order valence-corrected chi connectivity index (χ3v) is 5.37. The Morgan fingerprint density at radius 1 is 1.43 bits per heavy atom. The van der Waals surface area contributed by atoms with Crippen LogP contribution in [0.15, 0.2) is 30.3 Å². The molecule has 6 heteroatoms. The van der Waals surface area contributed by atoms with Crippen molar-refractivity contribution < 1.29 is 13.2 Å². The van der Waals surface area contributed by atoms with E-state index in [1.54, 1.807) is 24.3 Å². The van der Waals surface area contributed by atoms with E-state index in [1.807, 2.05) is 6.07 Å². The molecular formula is C15H18N2O3S. The van der Waals surface area contributed by atoms with Crippen LogP contribution in [0.1, 0.15) is 18.0 Å². The van der Waals surface area contributed by atoms with Gasteiger partial charge in [-0.1, -0.05) is 36.3 Å². The number of carbonyl (C=O) groups excluding carboxylic acids is 1. The first-order valence-electron chi connectivity index (χ1n) is 6.69. The molecule has 1 amide bonds. The Balaban J connectivity index is 2.19. The normalized spacial score (nSPS) is 21.4. The first-order chi connectivity index (χ1) is 9.94. The van der Waals surface area contributed by atoms with Gasteiger partial charge in [0.15, 0.2) is 9.84 Å². The molecular weight excluding hydrogens is 288 g/mol. The molecule has 5 nitrogen and oxygen atoms in total. The minimum absolute atomic E-state index is 0.0398. The van der Waals surface area contributed by atoms with Crippen molar-refractivity contribution >= 4 is 15.7 Å². The van der Waals surface area contributed by atoms with E-state index in [1.165, 1.54) is 4.90 Å². The molecule has 2 atom stereocenters. The summed E-state index contributed by atoms with van der Waals surface area (Å²) in [6.45, 7) is 0.0690. The van der Waals surface area contributed by atoms with Crippen LogP contribution < -0.4 is 5.73 Å². The van der Waals surface area contributed by atoms with Crippen molar-refractivity contribution in [1.82, 2.24) is 4.90 Å². The lowest BCUT2D eigenvalue weighted by molar-refractivity contribution is -0.133. The first-order valence-corrected chi connectivity index (χ1v) is 8.51. The number of terminal acetylenes is 1. The van der Waals surface area contributed by atoms with E-state index in [2.05, 4.69) is 5.92 Å². The highest BCUT2D eigenvalue weighted by Crippen LogP contribution is 2.21. The highest BCUT2D eigenvalue weighted by atomic mass is 32.2. The van der Waals surface area contributed by atoms with Gasteiger partial charge < -0.3 is 10.6 Å². The lowest BCUT2D eigenvalue weighted by atomic mass is 10.1. The maximum Gasteiger partial charge on any atom is 0.245 e. The van der Waals surface area contributed by atoms with Crippen molar-refractivity contribution in [2.45, 2.75) is 18.5 Å². The zero-order valence-electron chi connectivity index (χ0n) is 11.6. The summed E-state index contributed by atoms with van der Waals surface area (Å²) in [5.41, 5.74) is 6.68. The van der Waals surface area contributed by atoms with Gasteiger partial charge >= 0.3 is 0 Å². The fraction of sp³-hybridized carbons (Fsp3) is 0.400. The van der Waals surface area contributed by atoms with Crippen molar-refractivity contribution in [3.63, 3.8) is 0 Å². The summed E-state index contributed by atoms with van der Waals surface area (Å²) in [6.07, 6.45) is 5.72. The van der Waals surface area contributed by atoms with E-state index in [9.17, 15) is 13.2 Å². The number of nitrogens with two attached hydrogens (primary N) is 1. The average Bonchev–Trinajstić information content (AvgIpc) is 2.84.